The van der Waals surface area contributed by atoms with Crippen LogP contribution < -0.4 is 9.47 Å². The van der Waals surface area contributed by atoms with E-state index >= 15 is 0 Å². The molecule has 2 aromatic rings. The summed E-state index contributed by atoms with van der Waals surface area (Å²) in [5.74, 6) is 0.531. The van der Waals surface area contributed by atoms with Crippen LogP contribution in [-0.4, -0.2) is 12.6 Å². The van der Waals surface area contributed by atoms with Crippen molar-refractivity contribution in [3.8, 4) is 11.5 Å². The minimum atomic E-state index is -0.487. The van der Waals surface area contributed by atoms with Gasteiger partial charge >= 0.3 is 5.97 Å². The molecule has 2 rings (SSSR count). The smallest absolute Gasteiger partial charge is 0.349 e. The number of esters is 1. The fraction of sp³-hybridized carbons (Fsp3) is 0.188. The first-order valence-corrected chi connectivity index (χ1v) is 6.60. The number of carbonyl (C=O) groups excluding carboxylic acids is 1. The van der Waals surface area contributed by atoms with Gasteiger partial charge in [-0.25, -0.2) is 4.79 Å². The molecule has 0 unspecified atom stereocenters. The zero-order valence-electron chi connectivity index (χ0n) is 11.4. The first kappa shape index (κ1) is 14.4. The minimum absolute atomic E-state index is 0.157. The fourth-order valence-electron chi connectivity index (χ4n) is 1.70. The molecule has 0 fully saturated rings. The van der Waals surface area contributed by atoms with Crippen LogP contribution in [0.25, 0.3) is 0 Å². The van der Waals surface area contributed by atoms with Crippen LogP contribution in [0.5, 0.6) is 11.5 Å². The predicted octanol–water partition coefficient (Wildman–Crippen LogP) is 3.94. The molecule has 0 bridgehead atoms. The molecule has 0 heterocycles. The summed E-state index contributed by atoms with van der Waals surface area (Å²) in [5, 5.41) is 0.396. The lowest BCUT2D eigenvalue weighted by atomic mass is 10.1. The quantitative estimate of drug-likeness (QED) is 0.632. The summed E-state index contributed by atoms with van der Waals surface area (Å²) in [6.07, 6.45) is 0. The number of halogens is 1. The van der Waals surface area contributed by atoms with Crippen LogP contribution in [0.1, 0.15) is 11.1 Å². The second kappa shape index (κ2) is 6.44. The van der Waals surface area contributed by atoms with Crippen molar-refractivity contribution in [3.63, 3.8) is 0 Å². The normalized spacial score (nSPS) is 10.2. The largest absolute Gasteiger partial charge is 0.482 e. The molecule has 20 heavy (non-hydrogen) atoms. The molecule has 4 heteroatoms. The van der Waals surface area contributed by atoms with Gasteiger partial charge in [-0.1, -0.05) is 35.9 Å². The van der Waals surface area contributed by atoms with E-state index in [2.05, 4.69) is 0 Å². The van der Waals surface area contributed by atoms with E-state index in [4.69, 9.17) is 21.1 Å². The van der Waals surface area contributed by atoms with Gasteiger partial charge in [0.2, 0.25) is 0 Å². The van der Waals surface area contributed by atoms with Crippen molar-refractivity contribution in [2.45, 2.75) is 13.8 Å². The Morgan fingerprint density at radius 2 is 1.75 bits per heavy atom. The van der Waals surface area contributed by atoms with Gasteiger partial charge in [-0.15, -0.1) is 0 Å². The van der Waals surface area contributed by atoms with Crippen molar-refractivity contribution >= 4 is 17.6 Å². The number of carbonyl (C=O) groups is 1. The molecule has 104 valence electrons. The maximum atomic E-state index is 11.7. The molecule has 2 aromatic carbocycles. The Labute approximate surface area is 123 Å². The summed E-state index contributed by atoms with van der Waals surface area (Å²) in [7, 11) is 0. The summed E-state index contributed by atoms with van der Waals surface area (Å²) in [5.41, 5.74) is 2.13. The molecule has 0 radical (unpaired) electrons. The van der Waals surface area contributed by atoms with Crippen LogP contribution in [0.3, 0.4) is 0 Å². The molecule has 0 atom stereocenters. The Kier molecular flexibility index (Phi) is 4.64. The van der Waals surface area contributed by atoms with Crippen molar-refractivity contribution < 1.29 is 14.3 Å². The van der Waals surface area contributed by atoms with Gasteiger partial charge in [0, 0.05) is 0 Å². The number of hydrogen-bond donors (Lipinski definition) is 0. The van der Waals surface area contributed by atoms with Crippen molar-refractivity contribution in [1.29, 1.82) is 0 Å². The summed E-state index contributed by atoms with van der Waals surface area (Å²) < 4.78 is 10.6. The number of ether oxygens (including phenoxy) is 2. The third-order valence-corrected chi connectivity index (χ3v) is 3.27. The number of para-hydroxylation sites is 1. The first-order valence-electron chi connectivity index (χ1n) is 6.22. The molecule has 0 saturated heterocycles. The van der Waals surface area contributed by atoms with E-state index in [0.717, 1.165) is 11.1 Å². The first-order chi connectivity index (χ1) is 9.58. The van der Waals surface area contributed by atoms with E-state index in [0.29, 0.717) is 16.5 Å². The molecular weight excluding hydrogens is 276 g/mol. The van der Waals surface area contributed by atoms with Crippen LogP contribution in [0.2, 0.25) is 5.02 Å². The third-order valence-electron chi connectivity index (χ3n) is 2.96. The standard InChI is InChI=1S/C16H15ClO3/c1-11-6-5-9-14(12(11)2)19-10-16(18)20-15-8-4-3-7-13(15)17/h3-9H,10H2,1-2H3. The zero-order chi connectivity index (χ0) is 14.5. The highest BCUT2D eigenvalue weighted by atomic mass is 35.5. The van der Waals surface area contributed by atoms with Gasteiger partial charge in [0.15, 0.2) is 6.61 Å². The average molecular weight is 291 g/mol. The van der Waals surface area contributed by atoms with Crippen LogP contribution in [0, 0.1) is 13.8 Å². The van der Waals surface area contributed by atoms with Crippen LogP contribution in [0.4, 0.5) is 0 Å². The number of hydrogen-bond acceptors (Lipinski definition) is 3. The van der Waals surface area contributed by atoms with Crippen molar-refractivity contribution in [2.24, 2.45) is 0 Å². The second-order valence-corrected chi connectivity index (χ2v) is 4.80. The van der Waals surface area contributed by atoms with Crippen molar-refractivity contribution in [2.75, 3.05) is 6.61 Å². The predicted molar refractivity (Wildman–Crippen MR) is 78.5 cm³/mol. The molecule has 0 saturated carbocycles. The third kappa shape index (κ3) is 3.52. The van der Waals surface area contributed by atoms with Crippen LogP contribution >= 0.6 is 11.6 Å². The van der Waals surface area contributed by atoms with Gasteiger partial charge in [-0.3, -0.25) is 0 Å². The Balaban J connectivity index is 1.96. The van der Waals surface area contributed by atoms with Gasteiger partial charge in [0.05, 0.1) is 5.02 Å². The van der Waals surface area contributed by atoms with Gasteiger partial charge < -0.3 is 9.47 Å². The molecule has 0 amide bonds. The highest BCUT2D eigenvalue weighted by Gasteiger charge is 2.10. The molecule has 0 N–H and O–H groups in total. The van der Waals surface area contributed by atoms with Crippen LogP contribution in [0.15, 0.2) is 42.5 Å². The highest BCUT2D eigenvalue weighted by Crippen LogP contribution is 2.24. The van der Waals surface area contributed by atoms with E-state index in [-0.39, 0.29) is 6.61 Å². The second-order valence-electron chi connectivity index (χ2n) is 4.39. The molecule has 3 nitrogen and oxygen atoms in total. The van der Waals surface area contributed by atoms with Crippen LogP contribution in [-0.2, 0) is 4.79 Å². The molecule has 0 spiro atoms. The van der Waals surface area contributed by atoms with Crippen molar-refractivity contribution in [3.05, 3.63) is 58.6 Å². The Hall–Kier alpha value is -2.00. The molecular formula is C16H15ClO3. The van der Waals surface area contributed by atoms with Gasteiger partial charge in [-0.2, -0.15) is 0 Å². The molecule has 0 aliphatic heterocycles. The fourth-order valence-corrected chi connectivity index (χ4v) is 1.87. The maximum Gasteiger partial charge on any atom is 0.349 e. The lowest BCUT2D eigenvalue weighted by Gasteiger charge is -2.10. The summed E-state index contributed by atoms with van der Waals surface area (Å²) in [6, 6.07) is 12.5. The average Bonchev–Trinajstić information content (AvgIpc) is 2.43. The van der Waals surface area contributed by atoms with E-state index < -0.39 is 5.97 Å². The Morgan fingerprint density at radius 3 is 2.50 bits per heavy atom. The number of rotatable bonds is 4. The van der Waals surface area contributed by atoms with E-state index in [9.17, 15) is 4.79 Å². The lowest BCUT2D eigenvalue weighted by Crippen LogP contribution is -2.18. The molecule has 0 aliphatic rings. The lowest BCUT2D eigenvalue weighted by molar-refractivity contribution is -0.136. The van der Waals surface area contributed by atoms with Gasteiger partial charge in [0.1, 0.15) is 11.5 Å². The summed E-state index contributed by atoms with van der Waals surface area (Å²) in [6.45, 7) is 3.78. The highest BCUT2D eigenvalue weighted by molar-refractivity contribution is 6.32. The summed E-state index contributed by atoms with van der Waals surface area (Å²) >= 11 is 5.91. The minimum Gasteiger partial charge on any atom is -0.482 e. The van der Waals surface area contributed by atoms with E-state index in [1.54, 1.807) is 24.3 Å². The zero-order valence-corrected chi connectivity index (χ0v) is 12.1. The van der Waals surface area contributed by atoms with E-state index in [1.807, 2.05) is 32.0 Å². The van der Waals surface area contributed by atoms with Gasteiger partial charge in [-0.05, 0) is 43.2 Å². The number of aryl methyl sites for hydroxylation is 1. The Bertz CT molecular complexity index is 623. The maximum absolute atomic E-state index is 11.7. The van der Waals surface area contributed by atoms with E-state index in [1.165, 1.54) is 0 Å². The monoisotopic (exact) mass is 290 g/mol. The molecule has 0 aromatic heterocycles. The Morgan fingerprint density at radius 1 is 1.05 bits per heavy atom. The molecule has 0 aliphatic carbocycles. The van der Waals surface area contributed by atoms with Gasteiger partial charge in [0.25, 0.3) is 0 Å². The SMILES string of the molecule is Cc1cccc(OCC(=O)Oc2ccccc2Cl)c1C. The number of benzene rings is 2. The van der Waals surface area contributed by atoms with Crippen molar-refractivity contribution in [1.82, 2.24) is 0 Å². The summed E-state index contributed by atoms with van der Waals surface area (Å²) in [4.78, 5) is 11.7. The topological polar surface area (TPSA) is 35.5 Å².